The topological polar surface area (TPSA) is 123 Å². The molecule has 12 heteroatoms. The predicted octanol–water partition coefficient (Wildman–Crippen LogP) is 3.78. The lowest BCUT2D eigenvalue weighted by Crippen LogP contribution is -2.31. The normalized spacial score (nSPS) is 11.2. The molecular formula is C26H21Br2N7O3. The summed E-state index contributed by atoms with van der Waals surface area (Å²) in [7, 11) is 0. The summed E-state index contributed by atoms with van der Waals surface area (Å²) in [5.41, 5.74) is 6.86. The van der Waals surface area contributed by atoms with Crippen molar-refractivity contribution in [1.82, 2.24) is 25.2 Å². The molecule has 1 aromatic heterocycles. The van der Waals surface area contributed by atoms with E-state index in [0.29, 0.717) is 17.1 Å². The summed E-state index contributed by atoms with van der Waals surface area (Å²) in [6.45, 7) is 1.34. The molecule has 0 aliphatic heterocycles. The van der Waals surface area contributed by atoms with Crippen molar-refractivity contribution in [3.05, 3.63) is 115 Å². The van der Waals surface area contributed by atoms with Gasteiger partial charge in [0.05, 0.1) is 18.1 Å². The average molecular weight is 639 g/mol. The van der Waals surface area contributed by atoms with Gasteiger partial charge in [-0.3, -0.25) is 9.59 Å². The Balaban J connectivity index is 1.39. The van der Waals surface area contributed by atoms with E-state index in [1.165, 1.54) is 17.0 Å². The van der Waals surface area contributed by atoms with Crippen LogP contribution in [0.5, 0.6) is 0 Å². The van der Waals surface area contributed by atoms with Gasteiger partial charge in [0.1, 0.15) is 12.4 Å². The van der Waals surface area contributed by atoms with Gasteiger partial charge in [0.15, 0.2) is 0 Å². The Morgan fingerprint density at radius 1 is 0.895 bits per heavy atom. The summed E-state index contributed by atoms with van der Waals surface area (Å²) in [5.74, 6) is -0.516. The number of nitrogens with one attached hydrogen (secondary N) is 2. The van der Waals surface area contributed by atoms with Crippen LogP contribution in [0.1, 0.15) is 27.3 Å². The van der Waals surface area contributed by atoms with Crippen LogP contribution < -0.4 is 16.5 Å². The number of hydrogen-bond donors (Lipinski definition) is 2. The molecule has 0 saturated heterocycles. The van der Waals surface area contributed by atoms with E-state index in [9.17, 15) is 14.4 Å². The highest BCUT2D eigenvalue weighted by atomic mass is 79.9. The number of halogens is 2. The second-order valence-corrected chi connectivity index (χ2v) is 9.80. The minimum absolute atomic E-state index is 0.307. The maximum Gasteiger partial charge on any atom is 0.351 e. The third-order valence-electron chi connectivity index (χ3n) is 5.16. The molecule has 0 aliphatic rings. The van der Waals surface area contributed by atoms with Crippen molar-refractivity contribution in [2.45, 2.75) is 13.5 Å². The predicted molar refractivity (Wildman–Crippen MR) is 152 cm³/mol. The number of rotatable bonds is 8. The second kappa shape index (κ2) is 12.4. The Bertz CT molecular complexity index is 1590. The number of carbonyl (C=O) groups excluding carboxylic acids is 2. The van der Waals surface area contributed by atoms with Crippen LogP contribution in [0.3, 0.4) is 0 Å². The number of hydrazone groups is 2. The number of amides is 2. The van der Waals surface area contributed by atoms with Crippen molar-refractivity contribution in [3.63, 3.8) is 0 Å². The molecule has 0 saturated carbocycles. The number of carbonyl (C=O) groups is 2. The summed E-state index contributed by atoms with van der Waals surface area (Å²) >= 11 is 6.75. The van der Waals surface area contributed by atoms with Crippen molar-refractivity contribution in [2.75, 3.05) is 0 Å². The van der Waals surface area contributed by atoms with E-state index >= 15 is 0 Å². The molecule has 2 amide bonds. The standard InChI is InChI=1S/C26H21Br2N7O3/c1-17-33-34(16-24(36)31-29-14-18-4-2-6-21(27)12-18)26(38)35(17)23-10-8-20(9-11-23)25(37)32-30-15-19-5-3-7-22(28)13-19/h2-15H,16H2,1H3,(H,31,36)(H,32,37)/b29-14+,30-15+. The van der Waals surface area contributed by atoms with Gasteiger partial charge in [-0.05, 0) is 66.6 Å². The second-order valence-electron chi connectivity index (χ2n) is 7.97. The van der Waals surface area contributed by atoms with Gasteiger partial charge in [-0.2, -0.15) is 15.3 Å². The van der Waals surface area contributed by atoms with Crippen LogP contribution in [0.15, 0.2) is 96.7 Å². The van der Waals surface area contributed by atoms with E-state index in [4.69, 9.17) is 0 Å². The number of aromatic nitrogens is 3. The molecule has 4 aromatic rings. The molecule has 3 aromatic carbocycles. The van der Waals surface area contributed by atoms with Crippen LogP contribution in [0.2, 0.25) is 0 Å². The first-order valence-corrected chi connectivity index (χ1v) is 12.8. The van der Waals surface area contributed by atoms with E-state index < -0.39 is 17.5 Å². The highest BCUT2D eigenvalue weighted by molar-refractivity contribution is 9.10. The third-order valence-corrected chi connectivity index (χ3v) is 6.15. The first-order chi connectivity index (χ1) is 18.3. The van der Waals surface area contributed by atoms with Gasteiger partial charge in [-0.25, -0.2) is 24.9 Å². The Labute approximate surface area is 234 Å². The fourth-order valence-electron chi connectivity index (χ4n) is 3.43. The Kier molecular flexibility index (Phi) is 8.77. The maximum absolute atomic E-state index is 12.9. The summed E-state index contributed by atoms with van der Waals surface area (Å²) in [6, 6.07) is 21.3. The zero-order valence-corrected chi connectivity index (χ0v) is 23.2. The van der Waals surface area contributed by atoms with Crippen LogP contribution >= 0.6 is 31.9 Å². The summed E-state index contributed by atoms with van der Waals surface area (Å²) in [6.07, 6.45) is 3.04. The van der Waals surface area contributed by atoms with Crippen molar-refractivity contribution >= 4 is 56.1 Å². The van der Waals surface area contributed by atoms with E-state index in [-0.39, 0.29) is 6.54 Å². The molecule has 0 fully saturated rings. The van der Waals surface area contributed by atoms with Gasteiger partial charge in [0.25, 0.3) is 11.8 Å². The van der Waals surface area contributed by atoms with E-state index in [2.05, 4.69) is 58.0 Å². The van der Waals surface area contributed by atoms with Crippen molar-refractivity contribution in [2.24, 2.45) is 10.2 Å². The minimum atomic E-state index is -0.501. The van der Waals surface area contributed by atoms with Gasteiger partial charge in [0.2, 0.25) is 0 Å². The molecular weight excluding hydrogens is 618 g/mol. The number of aryl methyl sites for hydroxylation is 1. The van der Waals surface area contributed by atoms with Gasteiger partial charge in [-0.1, -0.05) is 56.1 Å². The number of hydrogen-bond acceptors (Lipinski definition) is 6. The first-order valence-electron chi connectivity index (χ1n) is 11.2. The highest BCUT2D eigenvalue weighted by Crippen LogP contribution is 2.12. The van der Waals surface area contributed by atoms with Gasteiger partial charge in [-0.15, -0.1) is 0 Å². The van der Waals surface area contributed by atoms with Crippen LogP contribution in [0.25, 0.3) is 5.69 Å². The molecule has 0 spiro atoms. The van der Waals surface area contributed by atoms with E-state index in [1.54, 1.807) is 31.2 Å². The van der Waals surface area contributed by atoms with Crippen LogP contribution in [-0.4, -0.2) is 38.6 Å². The Morgan fingerprint density at radius 3 is 2.05 bits per heavy atom. The molecule has 192 valence electrons. The summed E-state index contributed by atoms with van der Waals surface area (Å²) < 4.78 is 4.20. The van der Waals surface area contributed by atoms with Crippen LogP contribution in [0.4, 0.5) is 0 Å². The van der Waals surface area contributed by atoms with Gasteiger partial charge >= 0.3 is 5.69 Å². The lowest BCUT2D eigenvalue weighted by atomic mass is 10.2. The van der Waals surface area contributed by atoms with Crippen LogP contribution in [0, 0.1) is 6.92 Å². The lowest BCUT2D eigenvalue weighted by Gasteiger charge is -2.05. The van der Waals surface area contributed by atoms with Gasteiger partial charge < -0.3 is 0 Å². The van der Waals surface area contributed by atoms with Crippen molar-refractivity contribution in [3.8, 4) is 5.69 Å². The molecule has 0 bridgehead atoms. The molecule has 2 N–H and O–H groups in total. The fourth-order valence-corrected chi connectivity index (χ4v) is 4.27. The third kappa shape index (κ3) is 6.99. The maximum atomic E-state index is 12.9. The minimum Gasteiger partial charge on any atom is -0.271 e. The number of nitrogens with zero attached hydrogens (tertiary/aromatic N) is 5. The number of benzene rings is 3. The highest BCUT2D eigenvalue weighted by Gasteiger charge is 2.15. The average Bonchev–Trinajstić information content (AvgIpc) is 3.16. The van der Waals surface area contributed by atoms with E-state index in [0.717, 1.165) is 24.8 Å². The smallest absolute Gasteiger partial charge is 0.271 e. The quantitative estimate of drug-likeness (QED) is 0.225. The molecule has 0 atom stereocenters. The molecule has 10 nitrogen and oxygen atoms in total. The molecule has 0 aliphatic carbocycles. The molecule has 1 heterocycles. The zero-order chi connectivity index (χ0) is 27.1. The summed E-state index contributed by atoms with van der Waals surface area (Å²) in [4.78, 5) is 37.6. The Morgan fingerprint density at radius 2 is 1.47 bits per heavy atom. The largest absolute Gasteiger partial charge is 0.351 e. The van der Waals surface area contributed by atoms with Gasteiger partial charge in [0, 0.05) is 14.5 Å². The monoisotopic (exact) mass is 637 g/mol. The van der Waals surface area contributed by atoms with Crippen LogP contribution in [-0.2, 0) is 11.3 Å². The zero-order valence-electron chi connectivity index (χ0n) is 20.0. The lowest BCUT2D eigenvalue weighted by molar-refractivity contribution is -0.121. The van der Waals surface area contributed by atoms with Crippen molar-refractivity contribution < 1.29 is 9.59 Å². The van der Waals surface area contributed by atoms with Crippen molar-refractivity contribution in [1.29, 1.82) is 0 Å². The first kappa shape index (κ1) is 26.9. The molecule has 4 rings (SSSR count). The Hall–Kier alpha value is -4.16. The molecule has 38 heavy (non-hydrogen) atoms. The van der Waals surface area contributed by atoms with E-state index in [1.807, 2.05) is 48.5 Å². The molecule has 0 unspecified atom stereocenters. The SMILES string of the molecule is Cc1nn(CC(=O)N/N=C/c2cccc(Br)c2)c(=O)n1-c1ccc(C(=O)N/N=C/c2cccc(Br)c2)cc1. The fraction of sp³-hybridized carbons (Fsp3) is 0.0769. The summed E-state index contributed by atoms with van der Waals surface area (Å²) in [5, 5.41) is 12.1. The molecule has 0 radical (unpaired) electrons.